The molecule has 0 N–H and O–H groups in total. The third-order valence-corrected chi connectivity index (χ3v) is 5.47. The molecule has 0 fully saturated rings. The summed E-state index contributed by atoms with van der Waals surface area (Å²) in [6.45, 7) is 3.49. The Morgan fingerprint density at radius 3 is 1.58 bits per heavy atom. The molecule has 0 radical (unpaired) electrons. The molecule has 3 nitrogen and oxygen atoms in total. The zero-order valence-electron chi connectivity index (χ0n) is 13.3. The molecule has 0 aliphatic heterocycles. The smallest absolute Gasteiger partial charge is 0.421 e. The fraction of sp³-hybridized carbons (Fsp3) is 0.471. The van der Waals surface area contributed by atoms with Crippen molar-refractivity contribution < 1.29 is 14.3 Å². The molecule has 0 aromatic carbocycles. The quantitative estimate of drug-likeness (QED) is 0.418. The third-order valence-electron chi connectivity index (χ3n) is 4.17. The fourth-order valence-corrected chi connectivity index (χ4v) is 3.16. The van der Waals surface area contributed by atoms with Crippen LogP contribution in [0.3, 0.4) is 0 Å². The molecule has 0 amide bonds. The van der Waals surface area contributed by atoms with Gasteiger partial charge in [-0.15, -0.1) is 23.2 Å². The van der Waals surface area contributed by atoms with E-state index in [2.05, 4.69) is 0 Å². The Morgan fingerprint density at radius 2 is 1.33 bits per heavy atom. The van der Waals surface area contributed by atoms with E-state index in [0.29, 0.717) is 22.9 Å². The lowest BCUT2D eigenvalue weighted by atomic mass is 9.91. The van der Waals surface area contributed by atoms with Gasteiger partial charge in [-0.2, -0.15) is 0 Å². The van der Waals surface area contributed by atoms with Gasteiger partial charge in [-0.25, -0.2) is 4.79 Å². The van der Waals surface area contributed by atoms with Crippen molar-refractivity contribution in [2.75, 3.05) is 0 Å². The Bertz CT molecular complexity index is 569. The second kappa shape index (κ2) is 7.74. The van der Waals surface area contributed by atoms with Gasteiger partial charge in [0.2, 0.25) is 0 Å². The number of halogens is 4. The molecule has 0 heterocycles. The number of alkyl halides is 2. The number of carbonyl (C=O) groups is 1. The van der Waals surface area contributed by atoms with Crippen LogP contribution in [0, 0.1) is 0 Å². The van der Waals surface area contributed by atoms with Crippen LogP contribution in [0.5, 0.6) is 0 Å². The first-order valence-electron chi connectivity index (χ1n) is 7.49. The van der Waals surface area contributed by atoms with E-state index in [1.807, 2.05) is 0 Å². The summed E-state index contributed by atoms with van der Waals surface area (Å²) >= 11 is 24.3. The van der Waals surface area contributed by atoms with Gasteiger partial charge in [-0.1, -0.05) is 35.4 Å². The van der Waals surface area contributed by atoms with E-state index in [-0.39, 0.29) is 0 Å². The maximum Gasteiger partial charge on any atom is 0.510 e. The summed E-state index contributed by atoms with van der Waals surface area (Å²) in [7, 11) is 0. The van der Waals surface area contributed by atoms with Gasteiger partial charge in [0, 0.05) is 22.9 Å². The highest BCUT2D eigenvalue weighted by molar-refractivity contribution is 6.31. The Labute approximate surface area is 161 Å². The molecule has 0 aromatic rings. The average molecular weight is 412 g/mol. The zero-order chi connectivity index (χ0) is 18.0. The Balaban J connectivity index is 2.14. The fourth-order valence-electron chi connectivity index (χ4n) is 2.46. The number of allylic oxidation sites excluding steroid dienone is 4. The minimum Gasteiger partial charge on any atom is -0.421 e. The summed E-state index contributed by atoms with van der Waals surface area (Å²) in [4.78, 5) is 12.4. The van der Waals surface area contributed by atoms with Crippen molar-refractivity contribution in [2.45, 2.75) is 48.6 Å². The summed E-state index contributed by atoms with van der Waals surface area (Å²) in [6, 6.07) is 0. The van der Waals surface area contributed by atoms with Crippen molar-refractivity contribution in [3.8, 4) is 0 Å². The van der Waals surface area contributed by atoms with Gasteiger partial charge in [0.25, 0.3) is 0 Å². The van der Waals surface area contributed by atoms with Crippen LogP contribution in [0.2, 0.25) is 0 Å². The number of rotatable bonds is 4. The number of hydrogen-bond acceptors (Lipinski definition) is 3. The van der Waals surface area contributed by atoms with Crippen LogP contribution < -0.4 is 0 Å². The lowest BCUT2D eigenvalue weighted by molar-refractivity contribution is -0.0501. The highest BCUT2D eigenvalue weighted by Crippen LogP contribution is 2.36. The van der Waals surface area contributed by atoms with E-state index in [9.17, 15) is 4.79 Å². The molecule has 4 unspecified atom stereocenters. The van der Waals surface area contributed by atoms with Crippen molar-refractivity contribution in [3.63, 3.8) is 0 Å². The minimum absolute atomic E-state index is 0.368. The molecule has 132 valence electrons. The highest BCUT2D eigenvalue weighted by atomic mass is 35.5. The predicted octanol–water partition coefficient (Wildman–Crippen LogP) is 6.04. The average Bonchev–Trinajstić information content (AvgIpc) is 2.52. The van der Waals surface area contributed by atoms with E-state index < -0.39 is 28.1 Å². The predicted molar refractivity (Wildman–Crippen MR) is 99.0 cm³/mol. The highest BCUT2D eigenvalue weighted by Gasteiger charge is 2.43. The first-order chi connectivity index (χ1) is 11.2. The minimum atomic E-state index is -1.01. The van der Waals surface area contributed by atoms with E-state index in [1.165, 1.54) is 0 Å². The second-order valence-electron chi connectivity index (χ2n) is 5.85. The van der Waals surface area contributed by atoms with Crippen molar-refractivity contribution in [2.24, 2.45) is 0 Å². The molecule has 2 aliphatic rings. The van der Waals surface area contributed by atoms with Gasteiger partial charge < -0.3 is 9.47 Å². The van der Waals surface area contributed by atoms with E-state index >= 15 is 0 Å². The Hall–Kier alpha value is -0.610. The lowest BCUT2D eigenvalue weighted by Crippen LogP contribution is -2.46. The number of hydrogen-bond donors (Lipinski definition) is 0. The molecule has 0 aromatic heterocycles. The molecule has 4 atom stereocenters. The first kappa shape index (κ1) is 19.7. The summed E-state index contributed by atoms with van der Waals surface area (Å²) in [6.07, 6.45) is 10.0. The first-order valence-corrected chi connectivity index (χ1v) is 9.12. The standard InChI is InChI=1S/C17H18Cl4O3/c1-11(18)16(7-3-13(20)4-8-16)23-15(22)24-17(12(2)19)9-5-14(21)6-10-17/h3-7,9,11-12H,8,10H2,1-2H3. The number of carbonyl (C=O) groups excluding carboxylic acids is 1. The van der Waals surface area contributed by atoms with E-state index in [0.717, 1.165) is 0 Å². The largest absolute Gasteiger partial charge is 0.510 e. The molecule has 2 rings (SSSR count). The molecular weight excluding hydrogens is 394 g/mol. The second-order valence-corrected chi connectivity index (χ2v) is 8.03. The van der Waals surface area contributed by atoms with Crippen LogP contribution in [-0.2, 0) is 9.47 Å². The van der Waals surface area contributed by atoms with Crippen LogP contribution in [0.15, 0.2) is 46.5 Å². The normalized spacial score (nSPS) is 31.8. The lowest BCUT2D eigenvalue weighted by Gasteiger charge is -2.37. The van der Waals surface area contributed by atoms with Crippen molar-refractivity contribution >= 4 is 52.6 Å². The van der Waals surface area contributed by atoms with Gasteiger partial charge in [-0.3, -0.25) is 0 Å². The van der Waals surface area contributed by atoms with Crippen molar-refractivity contribution in [3.05, 3.63) is 46.5 Å². The molecule has 0 bridgehead atoms. The van der Waals surface area contributed by atoms with Crippen LogP contribution in [0.1, 0.15) is 26.7 Å². The zero-order valence-corrected chi connectivity index (χ0v) is 16.3. The molecule has 0 saturated heterocycles. The summed E-state index contributed by atoms with van der Waals surface area (Å²) in [5, 5.41) is 0.201. The maximum atomic E-state index is 12.4. The summed E-state index contributed by atoms with van der Waals surface area (Å²) in [5.74, 6) is 0. The van der Waals surface area contributed by atoms with Crippen LogP contribution in [0.4, 0.5) is 4.79 Å². The SMILES string of the molecule is CC(Cl)C1(OC(=O)OC2(C(C)Cl)C=CC(Cl)=CC2)C=CC(Cl)=CC1. The summed E-state index contributed by atoms with van der Waals surface area (Å²) in [5.41, 5.74) is -2.03. The van der Waals surface area contributed by atoms with Crippen molar-refractivity contribution in [1.29, 1.82) is 0 Å². The third kappa shape index (κ3) is 4.32. The Morgan fingerprint density at radius 1 is 0.958 bits per heavy atom. The topological polar surface area (TPSA) is 35.5 Å². The summed E-state index contributed by atoms with van der Waals surface area (Å²) < 4.78 is 11.1. The molecule has 7 heteroatoms. The monoisotopic (exact) mass is 410 g/mol. The van der Waals surface area contributed by atoms with Gasteiger partial charge in [0.15, 0.2) is 11.2 Å². The Kier molecular flexibility index (Phi) is 6.35. The molecule has 2 aliphatic carbocycles. The van der Waals surface area contributed by atoms with Crippen molar-refractivity contribution in [1.82, 2.24) is 0 Å². The molecule has 0 saturated carbocycles. The van der Waals surface area contributed by atoms with Crippen LogP contribution in [-0.4, -0.2) is 28.1 Å². The van der Waals surface area contributed by atoms with E-state index in [4.69, 9.17) is 55.9 Å². The number of ether oxygens (including phenoxy) is 2. The van der Waals surface area contributed by atoms with Crippen LogP contribution >= 0.6 is 46.4 Å². The maximum absolute atomic E-state index is 12.4. The van der Waals surface area contributed by atoms with Crippen LogP contribution in [0.25, 0.3) is 0 Å². The van der Waals surface area contributed by atoms with Gasteiger partial charge in [0.1, 0.15) is 0 Å². The molecule has 0 spiro atoms. The van der Waals surface area contributed by atoms with Gasteiger partial charge >= 0.3 is 6.16 Å². The van der Waals surface area contributed by atoms with E-state index in [1.54, 1.807) is 50.3 Å². The molecule has 24 heavy (non-hydrogen) atoms. The molecular formula is C17H18Cl4O3. The van der Waals surface area contributed by atoms with Gasteiger partial charge in [-0.05, 0) is 38.2 Å². The van der Waals surface area contributed by atoms with Gasteiger partial charge in [0.05, 0.1) is 10.8 Å².